The fourth-order valence-corrected chi connectivity index (χ4v) is 2.37. The fourth-order valence-electron chi connectivity index (χ4n) is 2.37. The van der Waals surface area contributed by atoms with Gasteiger partial charge in [-0.15, -0.1) is 0 Å². The molecule has 1 unspecified atom stereocenters. The van der Waals surface area contributed by atoms with Crippen molar-refractivity contribution in [2.45, 2.75) is 58.3 Å². The average molecular weight is 346 g/mol. The van der Waals surface area contributed by atoms with Gasteiger partial charge in [0, 0.05) is 27.7 Å². The van der Waals surface area contributed by atoms with Crippen LogP contribution in [0.2, 0.25) is 0 Å². The third kappa shape index (κ3) is 5.78. The Morgan fingerprint density at radius 3 is 1.96 bits per heavy atom. The quantitative estimate of drug-likeness (QED) is 0.454. The van der Waals surface area contributed by atoms with Crippen LogP contribution in [-0.2, 0) is 38.1 Å². The Kier molecular flexibility index (Phi) is 7.11. The van der Waals surface area contributed by atoms with Crippen molar-refractivity contribution in [1.82, 2.24) is 5.32 Å². The summed E-state index contributed by atoms with van der Waals surface area (Å²) in [7, 11) is 0. The lowest BCUT2D eigenvalue weighted by Crippen LogP contribution is -2.68. The van der Waals surface area contributed by atoms with Gasteiger partial charge in [-0.05, 0) is 0 Å². The number of rotatable bonds is 5. The smallest absolute Gasteiger partial charge is 0.303 e. The van der Waals surface area contributed by atoms with Gasteiger partial charge in [0.2, 0.25) is 5.91 Å². The molecule has 1 saturated heterocycles. The highest BCUT2D eigenvalue weighted by Gasteiger charge is 2.49. The second-order valence-electron chi connectivity index (χ2n) is 5.32. The highest BCUT2D eigenvalue weighted by molar-refractivity contribution is 5.73. The third-order valence-corrected chi connectivity index (χ3v) is 3.15. The van der Waals surface area contributed by atoms with Crippen molar-refractivity contribution in [2.24, 2.45) is 5.73 Å². The minimum absolute atomic E-state index is 0.258. The Labute approximate surface area is 138 Å². The third-order valence-electron chi connectivity index (χ3n) is 3.15. The van der Waals surface area contributed by atoms with Crippen LogP contribution in [0.4, 0.5) is 0 Å². The van der Waals surface area contributed by atoms with Gasteiger partial charge in [-0.1, -0.05) is 0 Å². The molecule has 1 rings (SSSR count). The number of nitrogens with two attached hydrogens (primary N) is 1. The summed E-state index contributed by atoms with van der Waals surface area (Å²) >= 11 is 0. The first-order valence-corrected chi connectivity index (χ1v) is 7.27. The molecule has 0 aliphatic carbocycles. The number of hydrogen-bond acceptors (Lipinski definition) is 9. The van der Waals surface area contributed by atoms with Crippen LogP contribution in [-0.4, -0.2) is 61.0 Å². The maximum absolute atomic E-state index is 11.4. The first-order valence-electron chi connectivity index (χ1n) is 7.27. The van der Waals surface area contributed by atoms with E-state index in [0.717, 1.165) is 13.8 Å². The molecule has 1 fully saturated rings. The van der Waals surface area contributed by atoms with Crippen LogP contribution >= 0.6 is 0 Å². The van der Waals surface area contributed by atoms with E-state index < -0.39 is 54.4 Å². The highest BCUT2D eigenvalue weighted by Crippen LogP contribution is 2.25. The van der Waals surface area contributed by atoms with Gasteiger partial charge in [0.1, 0.15) is 25.0 Å². The summed E-state index contributed by atoms with van der Waals surface area (Å²) in [5.74, 6) is -2.32. The molecule has 0 bridgehead atoms. The largest absolute Gasteiger partial charge is 0.463 e. The Morgan fingerprint density at radius 1 is 0.958 bits per heavy atom. The van der Waals surface area contributed by atoms with E-state index in [-0.39, 0.29) is 6.61 Å². The van der Waals surface area contributed by atoms with Crippen LogP contribution in [0.3, 0.4) is 0 Å². The minimum Gasteiger partial charge on any atom is -0.463 e. The molecule has 0 spiro atoms. The minimum atomic E-state index is -1.11. The number of ether oxygens (including phenoxy) is 4. The van der Waals surface area contributed by atoms with Gasteiger partial charge < -0.3 is 30.0 Å². The van der Waals surface area contributed by atoms with E-state index in [1.54, 1.807) is 0 Å². The van der Waals surface area contributed by atoms with Crippen LogP contribution in [0.25, 0.3) is 0 Å². The summed E-state index contributed by atoms with van der Waals surface area (Å²) in [5, 5.41) is 2.51. The Balaban J connectivity index is 3.11. The number of amides is 1. The van der Waals surface area contributed by atoms with E-state index in [4.69, 9.17) is 24.7 Å². The van der Waals surface area contributed by atoms with Gasteiger partial charge >= 0.3 is 17.9 Å². The van der Waals surface area contributed by atoms with Gasteiger partial charge in [0.05, 0.1) is 0 Å². The molecule has 1 aliphatic heterocycles. The zero-order valence-electron chi connectivity index (χ0n) is 13.9. The summed E-state index contributed by atoms with van der Waals surface area (Å²) in [6, 6.07) is -0.940. The maximum Gasteiger partial charge on any atom is 0.303 e. The molecule has 10 heteroatoms. The second kappa shape index (κ2) is 8.60. The van der Waals surface area contributed by atoms with Gasteiger partial charge in [-0.2, -0.15) is 0 Å². The first-order chi connectivity index (χ1) is 11.1. The molecule has 0 radical (unpaired) electrons. The normalized spacial score (nSPS) is 29.3. The molecule has 0 saturated carbocycles. The molecule has 3 N–H and O–H groups in total. The predicted molar refractivity (Wildman–Crippen MR) is 78.2 cm³/mol. The summed E-state index contributed by atoms with van der Waals surface area (Å²) in [4.78, 5) is 45.2. The molecule has 1 amide bonds. The Hall–Kier alpha value is -2.20. The SMILES string of the molecule is CC(=O)N[C@H]1C(N)O[C@@H](COC(C)=O)[C@@H](OC(C)=O)[C@H]1OC(C)=O. The van der Waals surface area contributed by atoms with Gasteiger partial charge in [0.15, 0.2) is 12.2 Å². The van der Waals surface area contributed by atoms with Crippen LogP contribution in [0.15, 0.2) is 0 Å². The monoisotopic (exact) mass is 346 g/mol. The lowest BCUT2D eigenvalue weighted by molar-refractivity contribution is -0.222. The van der Waals surface area contributed by atoms with E-state index in [9.17, 15) is 19.2 Å². The molecule has 136 valence electrons. The highest BCUT2D eigenvalue weighted by atomic mass is 16.6. The number of nitrogens with one attached hydrogen (secondary N) is 1. The van der Waals surface area contributed by atoms with Crippen LogP contribution < -0.4 is 11.1 Å². The van der Waals surface area contributed by atoms with Gasteiger partial charge in [-0.25, -0.2) is 0 Å². The van der Waals surface area contributed by atoms with Crippen LogP contribution in [0.1, 0.15) is 27.7 Å². The Morgan fingerprint density at radius 2 is 1.50 bits per heavy atom. The van der Waals surface area contributed by atoms with Crippen LogP contribution in [0.5, 0.6) is 0 Å². The molecule has 0 aromatic carbocycles. The standard InChI is InChI=1S/C14H22N2O8/c1-6(17)16-11-13(23-9(4)20)12(22-8(3)19)10(24-14(11)15)5-21-7(2)18/h10-14H,5,15H2,1-4H3,(H,16,17)/t10-,11+,12+,13-,14?/m0/s1. The molecular weight excluding hydrogens is 324 g/mol. The lowest BCUT2D eigenvalue weighted by Gasteiger charge is -2.44. The van der Waals surface area contributed by atoms with Crippen molar-refractivity contribution in [2.75, 3.05) is 6.61 Å². The zero-order valence-corrected chi connectivity index (χ0v) is 13.9. The van der Waals surface area contributed by atoms with E-state index in [2.05, 4.69) is 5.32 Å². The fraction of sp³-hybridized carbons (Fsp3) is 0.714. The van der Waals surface area contributed by atoms with Crippen molar-refractivity contribution in [1.29, 1.82) is 0 Å². The van der Waals surface area contributed by atoms with Gasteiger partial charge in [-0.3, -0.25) is 19.2 Å². The predicted octanol–water partition coefficient (Wildman–Crippen LogP) is -1.40. The zero-order chi connectivity index (χ0) is 18.4. The molecule has 5 atom stereocenters. The number of esters is 3. The summed E-state index contributed by atoms with van der Waals surface area (Å²) in [6.07, 6.45) is -4.23. The summed E-state index contributed by atoms with van der Waals surface area (Å²) in [5.41, 5.74) is 5.87. The number of hydrogen-bond donors (Lipinski definition) is 2. The lowest BCUT2D eigenvalue weighted by atomic mass is 9.95. The van der Waals surface area contributed by atoms with E-state index >= 15 is 0 Å². The van der Waals surface area contributed by atoms with Gasteiger partial charge in [0.25, 0.3) is 0 Å². The molecule has 0 aromatic rings. The first kappa shape index (κ1) is 19.8. The van der Waals surface area contributed by atoms with Crippen molar-refractivity contribution in [3.63, 3.8) is 0 Å². The summed E-state index contributed by atoms with van der Waals surface area (Å²) in [6.45, 7) is 4.52. The number of carbonyl (C=O) groups excluding carboxylic acids is 4. The van der Waals surface area contributed by atoms with Crippen LogP contribution in [0, 0.1) is 0 Å². The molecular formula is C14H22N2O8. The summed E-state index contributed by atoms with van der Waals surface area (Å²) < 4.78 is 20.7. The molecule has 1 aliphatic rings. The Bertz CT molecular complexity index is 509. The van der Waals surface area contributed by atoms with Crippen molar-refractivity contribution in [3.8, 4) is 0 Å². The van der Waals surface area contributed by atoms with E-state index in [1.165, 1.54) is 13.8 Å². The second-order valence-corrected chi connectivity index (χ2v) is 5.32. The number of carbonyl (C=O) groups is 4. The van der Waals surface area contributed by atoms with E-state index in [0.29, 0.717) is 0 Å². The average Bonchev–Trinajstić information content (AvgIpc) is 2.42. The topological polar surface area (TPSA) is 143 Å². The van der Waals surface area contributed by atoms with Crippen molar-refractivity contribution >= 4 is 23.8 Å². The van der Waals surface area contributed by atoms with E-state index in [1.807, 2.05) is 0 Å². The van der Waals surface area contributed by atoms with Crippen molar-refractivity contribution in [3.05, 3.63) is 0 Å². The maximum atomic E-state index is 11.4. The molecule has 0 aromatic heterocycles. The van der Waals surface area contributed by atoms with Crippen molar-refractivity contribution < 1.29 is 38.1 Å². The molecule has 10 nitrogen and oxygen atoms in total. The molecule has 24 heavy (non-hydrogen) atoms. The molecule has 1 heterocycles.